The van der Waals surface area contributed by atoms with Gasteiger partial charge < -0.3 is 10.2 Å². The van der Waals surface area contributed by atoms with Crippen LogP contribution in [-0.2, 0) is 6.54 Å². The van der Waals surface area contributed by atoms with Crippen molar-refractivity contribution in [1.29, 1.82) is 0 Å². The Morgan fingerprint density at radius 2 is 1.93 bits per heavy atom. The monoisotopic (exact) mass is 442 g/mol. The molecular formula is C22H23ClN4O2S. The Balaban J connectivity index is 1.39. The van der Waals surface area contributed by atoms with E-state index < -0.39 is 0 Å². The highest BCUT2D eigenvalue weighted by molar-refractivity contribution is 7.13. The van der Waals surface area contributed by atoms with Crippen molar-refractivity contribution in [1.82, 2.24) is 15.1 Å². The Hall–Kier alpha value is -2.64. The van der Waals surface area contributed by atoms with Gasteiger partial charge in [-0.15, -0.1) is 11.3 Å². The molecule has 0 spiro atoms. The van der Waals surface area contributed by atoms with E-state index in [9.17, 15) is 9.59 Å². The molecule has 0 aliphatic carbocycles. The molecule has 0 radical (unpaired) electrons. The van der Waals surface area contributed by atoms with E-state index in [2.05, 4.69) is 15.3 Å². The van der Waals surface area contributed by atoms with Gasteiger partial charge in [-0.05, 0) is 37.5 Å². The number of amides is 1. The van der Waals surface area contributed by atoms with E-state index in [4.69, 9.17) is 11.6 Å². The number of nitrogens with zero attached hydrogens (tertiary/aromatic N) is 3. The SMILES string of the molecule is Cc1ccc(C(=O)NC2CCN(c3cnn(Cc4ccccc4)c(=O)c3Cl)CC2)s1. The van der Waals surface area contributed by atoms with Crippen molar-refractivity contribution in [2.75, 3.05) is 18.0 Å². The van der Waals surface area contributed by atoms with Crippen LogP contribution in [0.5, 0.6) is 0 Å². The van der Waals surface area contributed by atoms with E-state index in [1.807, 2.05) is 49.4 Å². The van der Waals surface area contributed by atoms with Crippen molar-refractivity contribution < 1.29 is 4.79 Å². The van der Waals surface area contributed by atoms with Crippen LogP contribution in [0.3, 0.4) is 0 Å². The second-order valence-corrected chi connectivity index (χ2v) is 9.10. The minimum Gasteiger partial charge on any atom is -0.369 e. The number of carbonyl (C=O) groups excluding carboxylic acids is 1. The third-order valence-electron chi connectivity index (χ3n) is 5.28. The highest BCUT2D eigenvalue weighted by Gasteiger charge is 2.24. The number of carbonyl (C=O) groups is 1. The van der Waals surface area contributed by atoms with E-state index in [0.29, 0.717) is 25.3 Å². The number of halogens is 1. The number of thiophene rings is 1. The minimum absolute atomic E-state index is 0.0187. The third kappa shape index (κ3) is 4.57. The molecule has 0 unspecified atom stereocenters. The lowest BCUT2D eigenvalue weighted by molar-refractivity contribution is 0.0935. The molecule has 3 aromatic rings. The van der Waals surface area contributed by atoms with Crippen LogP contribution < -0.4 is 15.8 Å². The van der Waals surface area contributed by atoms with Crippen LogP contribution in [0.1, 0.15) is 33.0 Å². The topological polar surface area (TPSA) is 67.2 Å². The summed E-state index contributed by atoms with van der Waals surface area (Å²) in [5, 5.41) is 7.63. The number of rotatable bonds is 5. The molecule has 1 aliphatic heterocycles. The molecule has 1 amide bonds. The second-order valence-electron chi connectivity index (χ2n) is 7.44. The molecule has 1 aliphatic rings. The third-order valence-corrected chi connectivity index (χ3v) is 6.63. The lowest BCUT2D eigenvalue weighted by Gasteiger charge is -2.34. The number of aryl methyl sites for hydroxylation is 1. The Bertz CT molecular complexity index is 1090. The Morgan fingerprint density at radius 3 is 2.60 bits per heavy atom. The lowest BCUT2D eigenvalue weighted by Crippen LogP contribution is -2.45. The zero-order chi connectivity index (χ0) is 21.1. The normalized spacial score (nSPS) is 14.7. The van der Waals surface area contributed by atoms with Crippen molar-refractivity contribution in [2.45, 2.75) is 32.4 Å². The molecule has 30 heavy (non-hydrogen) atoms. The van der Waals surface area contributed by atoms with Crippen LogP contribution in [0, 0.1) is 6.92 Å². The van der Waals surface area contributed by atoms with Crippen molar-refractivity contribution in [3.63, 3.8) is 0 Å². The molecule has 0 bridgehead atoms. The first-order chi connectivity index (χ1) is 14.5. The van der Waals surface area contributed by atoms with Gasteiger partial charge in [0.25, 0.3) is 11.5 Å². The number of aromatic nitrogens is 2. The van der Waals surface area contributed by atoms with Crippen molar-refractivity contribution in [3.05, 3.63) is 79.4 Å². The zero-order valence-corrected chi connectivity index (χ0v) is 18.2. The molecule has 4 rings (SSSR count). The molecular weight excluding hydrogens is 420 g/mol. The molecule has 1 aromatic carbocycles. The maximum Gasteiger partial charge on any atom is 0.287 e. The Kier molecular flexibility index (Phi) is 6.20. The average molecular weight is 443 g/mol. The van der Waals surface area contributed by atoms with Crippen LogP contribution in [0.2, 0.25) is 5.02 Å². The number of anilines is 1. The molecule has 1 N–H and O–H groups in total. The highest BCUT2D eigenvalue weighted by Crippen LogP contribution is 2.25. The van der Waals surface area contributed by atoms with Gasteiger partial charge in [-0.2, -0.15) is 5.10 Å². The quantitative estimate of drug-likeness (QED) is 0.654. The Labute approximate surface area is 184 Å². The van der Waals surface area contributed by atoms with Crippen LogP contribution >= 0.6 is 22.9 Å². The summed E-state index contributed by atoms with van der Waals surface area (Å²) in [6.07, 6.45) is 3.25. The van der Waals surface area contributed by atoms with Gasteiger partial charge in [0.1, 0.15) is 5.02 Å². The lowest BCUT2D eigenvalue weighted by atomic mass is 10.0. The molecule has 3 heterocycles. The fourth-order valence-corrected chi connectivity index (χ4v) is 4.66. The summed E-state index contributed by atoms with van der Waals surface area (Å²) >= 11 is 7.92. The maximum atomic E-state index is 12.7. The van der Waals surface area contributed by atoms with Gasteiger partial charge in [0.15, 0.2) is 0 Å². The largest absolute Gasteiger partial charge is 0.369 e. The fraction of sp³-hybridized carbons (Fsp3) is 0.318. The number of nitrogens with one attached hydrogen (secondary N) is 1. The van der Waals surface area contributed by atoms with Crippen LogP contribution in [0.15, 0.2) is 53.5 Å². The van der Waals surface area contributed by atoms with Gasteiger partial charge in [0, 0.05) is 24.0 Å². The maximum absolute atomic E-state index is 12.7. The smallest absolute Gasteiger partial charge is 0.287 e. The van der Waals surface area contributed by atoms with Crippen LogP contribution in [-0.4, -0.2) is 34.8 Å². The van der Waals surface area contributed by atoms with Gasteiger partial charge in [-0.3, -0.25) is 9.59 Å². The molecule has 1 saturated heterocycles. The van der Waals surface area contributed by atoms with E-state index in [1.54, 1.807) is 6.20 Å². The van der Waals surface area contributed by atoms with Gasteiger partial charge in [0.2, 0.25) is 0 Å². The van der Waals surface area contributed by atoms with Crippen molar-refractivity contribution >= 4 is 34.5 Å². The predicted molar refractivity (Wildman–Crippen MR) is 121 cm³/mol. The van der Waals surface area contributed by atoms with E-state index in [-0.39, 0.29) is 22.5 Å². The van der Waals surface area contributed by atoms with Gasteiger partial charge in [-0.25, -0.2) is 4.68 Å². The summed E-state index contributed by atoms with van der Waals surface area (Å²) in [5.41, 5.74) is 1.36. The molecule has 0 atom stereocenters. The molecule has 156 valence electrons. The number of piperidine rings is 1. The predicted octanol–water partition coefficient (Wildman–Crippen LogP) is 3.71. The summed E-state index contributed by atoms with van der Waals surface area (Å²) in [5.74, 6) is -0.0187. The second kappa shape index (κ2) is 9.02. The zero-order valence-electron chi connectivity index (χ0n) is 16.7. The van der Waals surface area contributed by atoms with Gasteiger partial charge in [0.05, 0.1) is 23.3 Å². The van der Waals surface area contributed by atoms with E-state index in [0.717, 1.165) is 28.2 Å². The summed E-state index contributed by atoms with van der Waals surface area (Å²) < 4.78 is 1.39. The molecule has 1 fully saturated rings. The fourth-order valence-electron chi connectivity index (χ4n) is 3.62. The number of hydrogen-bond donors (Lipinski definition) is 1. The van der Waals surface area contributed by atoms with Gasteiger partial charge >= 0.3 is 0 Å². The average Bonchev–Trinajstić information content (AvgIpc) is 3.20. The summed E-state index contributed by atoms with van der Waals surface area (Å²) in [6, 6.07) is 13.6. The molecule has 8 heteroatoms. The molecule has 6 nitrogen and oxygen atoms in total. The molecule has 2 aromatic heterocycles. The van der Waals surface area contributed by atoms with Crippen LogP contribution in [0.4, 0.5) is 5.69 Å². The highest BCUT2D eigenvalue weighted by atomic mass is 35.5. The van der Waals surface area contributed by atoms with Crippen molar-refractivity contribution in [2.24, 2.45) is 0 Å². The van der Waals surface area contributed by atoms with E-state index >= 15 is 0 Å². The first kappa shape index (κ1) is 20.6. The summed E-state index contributed by atoms with van der Waals surface area (Å²) in [7, 11) is 0. The minimum atomic E-state index is -0.290. The first-order valence-electron chi connectivity index (χ1n) is 9.93. The summed E-state index contributed by atoms with van der Waals surface area (Å²) in [4.78, 5) is 29.0. The Morgan fingerprint density at radius 1 is 1.20 bits per heavy atom. The summed E-state index contributed by atoms with van der Waals surface area (Å²) in [6.45, 7) is 3.79. The number of hydrogen-bond acceptors (Lipinski definition) is 5. The van der Waals surface area contributed by atoms with Crippen molar-refractivity contribution in [3.8, 4) is 0 Å². The standard InChI is InChI=1S/C22H23ClN4O2S/c1-15-7-8-19(30-15)21(28)25-17-9-11-26(12-10-17)18-13-24-27(22(29)20(18)23)14-16-5-3-2-4-6-16/h2-8,13,17H,9-12,14H2,1H3,(H,25,28). The van der Waals surface area contributed by atoms with E-state index in [1.165, 1.54) is 16.0 Å². The van der Waals surface area contributed by atoms with Gasteiger partial charge in [-0.1, -0.05) is 41.9 Å². The molecule has 0 saturated carbocycles. The number of benzene rings is 1. The van der Waals surface area contributed by atoms with Crippen LogP contribution in [0.25, 0.3) is 0 Å². The first-order valence-corrected chi connectivity index (χ1v) is 11.1.